The second kappa shape index (κ2) is 6.72. The lowest BCUT2D eigenvalue weighted by atomic mass is 9.73. The van der Waals surface area contributed by atoms with E-state index in [4.69, 9.17) is 20.1 Å². The average Bonchev–Trinajstić information content (AvgIpc) is 2.97. The van der Waals surface area contributed by atoms with Crippen LogP contribution in [0.3, 0.4) is 0 Å². The number of nitrogens with one attached hydrogen (secondary N) is 1. The minimum atomic E-state index is -0.193. The maximum atomic E-state index is 6.15. The fourth-order valence-electron chi connectivity index (χ4n) is 4.29. The molecule has 3 rings (SSSR count). The highest BCUT2D eigenvalue weighted by molar-refractivity contribution is 7.99. The van der Waals surface area contributed by atoms with Crippen molar-refractivity contribution < 1.29 is 14.2 Å². The Morgan fingerprint density at radius 1 is 1.29 bits per heavy atom. The Kier molecular flexibility index (Phi) is 5.13. The summed E-state index contributed by atoms with van der Waals surface area (Å²) in [6.45, 7) is 2.37. The first-order chi connectivity index (χ1) is 10.2. The molecule has 0 bridgehead atoms. The molecule has 3 fully saturated rings. The van der Waals surface area contributed by atoms with Gasteiger partial charge in [0, 0.05) is 45.5 Å². The summed E-state index contributed by atoms with van der Waals surface area (Å²) in [5.74, 6) is 8.83. The molecule has 3 unspecified atom stereocenters. The number of hydrogen-bond donors (Lipinski definition) is 2. The molecule has 0 aromatic heterocycles. The molecular weight excluding hydrogens is 288 g/mol. The number of ether oxygens (including phenoxy) is 3. The Bertz CT molecular complexity index is 344. The van der Waals surface area contributed by atoms with E-state index in [1.807, 2.05) is 18.9 Å². The number of hydrazine groups is 1. The molecule has 0 aliphatic carbocycles. The molecule has 0 saturated carbocycles. The molecule has 1 spiro atoms. The van der Waals surface area contributed by atoms with E-state index in [2.05, 4.69) is 5.43 Å². The highest BCUT2D eigenvalue weighted by Gasteiger charge is 2.49. The summed E-state index contributed by atoms with van der Waals surface area (Å²) in [7, 11) is 1.82. The van der Waals surface area contributed by atoms with Crippen molar-refractivity contribution >= 4 is 11.8 Å². The zero-order valence-corrected chi connectivity index (χ0v) is 13.8. The van der Waals surface area contributed by atoms with E-state index in [1.54, 1.807) is 0 Å². The normalized spacial score (nSPS) is 37.7. The lowest BCUT2D eigenvalue weighted by Gasteiger charge is -2.48. The molecule has 0 amide bonds. The lowest BCUT2D eigenvalue weighted by molar-refractivity contribution is -0.145. The molecule has 0 aromatic rings. The largest absolute Gasteiger partial charge is 0.381 e. The summed E-state index contributed by atoms with van der Waals surface area (Å²) in [4.78, 5) is 0. The van der Waals surface area contributed by atoms with Crippen LogP contribution in [-0.4, -0.2) is 55.7 Å². The van der Waals surface area contributed by atoms with Crippen LogP contribution in [0, 0.1) is 5.92 Å². The third kappa shape index (κ3) is 3.12. The van der Waals surface area contributed by atoms with E-state index < -0.39 is 0 Å². The van der Waals surface area contributed by atoms with Crippen molar-refractivity contribution in [1.82, 2.24) is 5.43 Å². The van der Waals surface area contributed by atoms with Gasteiger partial charge in [-0.15, -0.1) is 0 Å². The average molecular weight is 316 g/mol. The number of thioether (sulfide) groups is 1. The zero-order chi connectivity index (χ0) is 14.8. The van der Waals surface area contributed by atoms with Gasteiger partial charge in [0.05, 0.1) is 17.2 Å². The lowest BCUT2D eigenvalue weighted by Crippen LogP contribution is -2.62. The Balaban J connectivity index is 1.75. The number of rotatable bonds is 4. The molecule has 21 heavy (non-hydrogen) atoms. The second-order valence-corrected chi connectivity index (χ2v) is 7.72. The molecule has 3 aliphatic rings. The van der Waals surface area contributed by atoms with Gasteiger partial charge in [-0.1, -0.05) is 0 Å². The van der Waals surface area contributed by atoms with E-state index in [-0.39, 0.29) is 17.2 Å². The van der Waals surface area contributed by atoms with Gasteiger partial charge in [0.25, 0.3) is 0 Å². The van der Waals surface area contributed by atoms with Crippen LogP contribution in [0.25, 0.3) is 0 Å². The predicted molar refractivity (Wildman–Crippen MR) is 84.3 cm³/mol. The second-order valence-electron chi connectivity index (χ2n) is 6.61. The van der Waals surface area contributed by atoms with E-state index >= 15 is 0 Å². The standard InChI is InChI=1S/C15H28N2O3S/c1-18-15(3-7-19-8-4-15)13(17-16)12-2-6-20-14(10-12)5-9-21-11-14/h12-13,17H,2-11,16H2,1H3. The van der Waals surface area contributed by atoms with E-state index in [1.165, 1.54) is 12.2 Å². The summed E-state index contributed by atoms with van der Waals surface area (Å²) in [6, 6.07) is 0.178. The first-order valence-electron chi connectivity index (χ1n) is 8.04. The summed E-state index contributed by atoms with van der Waals surface area (Å²) < 4.78 is 17.6. The minimum Gasteiger partial charge on any atom is -0.381 e. The highest BCUT2D eigenvalue weighted by Crippen LogP contribution is 2.44. The molecule has 0 radical (unpaired) electrons. The molecule has 3 N–H and O–H groups in total. The minimum absolute atomic E-state index is 0.0861. The molecule has 122 valence electrons. The van der Waals surface area contributed by atoms with Gasteiger partial charge in [-0.3, -0.25) is 11.3 Å². The predicted octanol–water partition coefficient (Wildman–Crippen LogP) is 1.32. The van der Waals surface area contributed by atoms with Crippen molar-refractivity contribution in [3.05, 3.63) is 0 Å². The SMILES string of the molecule is COC1(C(NN)C2CCOC3(CCSC3)C2)CCOCC1. The molecule has 3 heterocycles. The van der Waals surface area contributed by atoms with Crippen LogP contribution in [0.1, 0.15) is 32.1 Å². The summed E-state index contributed by atoms with van der Waals surface area (Å²) in [5.41, 5.74) is 2.99. The fourth-order valence-corrected chi connectivity index (χ4v) is 5.67. The highest BCUT2D eigenvalue weighted by atomic mass is 32.2. The molecule has 0 aromatic carbocycles. The van der Waals surface area contributed by atoms with Crippen molar-refractivity contribution in [1.29, 1.82) is 0 Å². The topological polar surface area (TPSA) is 65.7 Å². The summed E-state index contributed by atoms with van der Waals surface area (Å²) >= 11 is 2.01. The Morgan fingerprint density at radius 3 is 2.71 bits per heavy atom. The van der Waals surface area contributed by atoms with Crippen LogP contribution in [-0.2, 0) is 14.2 Å². The monoisotopic (exact) mass is 316 g/mol. The van der Waals surface area contributed by atoms with Gasteiger partial charge < -0.3 is 14.2 Å². The van der Waals surface area contributed by atoms with Crippen LogP contribution in [0.15, 0.2) is 0 Å². The zero-order valence-electron chi connectivity index (χ0n) is 12.9. The first-order valence-corrected chi connectivity index (χ1v) is 9.20. The van der Waals surface area contributed by atoms with Crippen LogP contribution >= 0.6 is 11.8 Å². The quantitative estimate of drug-likeness (QED) is 0.602. The van der Waals surface area contributed by atoms with E-state index in [0.717, 1.165) is 51.3 Å². The first kappa shape index (κ1) is 16.0. The van der Waals surface area contributed by atoms with Crippen LogP contribution < -0.4 is 11.3 Å². The summed E-state index contributed by atoms with van der Waals surface area (Å²) in [6.07, 6.45) is 5.16. The third-order valence-corrected chi connectivity index (χ3v) is 6.78. The van der Waals surface area contributed by atoms with Crippen LogP contribution in [0.5, 0.6) is 0 Å². The molecule has 3 aliphatic heterocycles. The molecule has 3 saturated heterocycles. The molecule has 3 atom stereocenters. The van der Waals surface area contributed by atoms with E-state index in [9.17, 15) is 0 Å². The molecule has 5 nitrogen and oxygen atoms in total. The third-order valence-electron chi connectivity index (χ3n) is 5.56. The molecule has 6 heteroatoms. The number of hydrogen-bond acceptors (Lipinski definition) is 6. The smallest absolute Gasteiger partial charge is 0.0890 e. The van der Waals surface area contributed by atoms with Gasteiger partial charge in [-0.2, -0.15) is 11.8 Å². The van der Waals surface area contributed by atoms with Crippen molar-refractivity contribution in [2.45, 2.75) is 49.3 Å². The maximum absolute atomic E-state index is 6.15. The Morgan fingerprint density at radius 2 is 2.10 bits per heavy atom. The van der Waals surface area contributed by atoms with Crippen LogP contribution in [0.4, 0.5) is 0 Å². The Hall–Kier alpha value is 0.150. The molecular formula is C15H28N2O3S. The van der Waals surface area contributed by atoms with Gasteiger partial charge in [-0.25, -0.2) is 0 Å². The maximum Gasteiger partial charge on any atom is 0.0890 e. The van der Waals surface area contributed by atoms with Crippen molar-refractivity contribution in [3.8, 4) is 0 Å². The van der Waals surface area contributed by atoms with Gasteiger partial charge in [0.2, 0.25) is 0 Å². The summed E-state index contributed by atoms with van der Waals surface area (Å²) in [5, 5.41) is 0. The van der Waals surface area contributed by atoms with Crippen molar-refractivity contribution in [3.63, 3.8) is 0 Å². The number of methoxy groups -OCH3 is 1. The number of nitrogens with two attached hydrogens (primary N) is 1. The Labute approximate surface area is 131 Å². The van der Waals surface area contributed by atoms with Gasteiger partial charge in [-0.05, 0) is 30.9 Å². The van der Waals surface area contributed by atoms with Gasteiger partial charge >= 0.3 is 0 Å². The van der Waals surface area contributed by atoms with Crippen molar-refractivity contribution in [2.24, 2.45) is 11.8 Å². The van der Waals surface area contributed by atoms with Crippen LogP contribution in [0.2, 0.25) is 0 Å². The van der Waals surface area contributed by atoms with Gasteiger partial charge in [0.1, 0.15) is 0 Å². The van der Waals surface area contributed by atoms with Gasteiger partial charge in [0.15, 0.2) is 0 Å². The van der Waals surface area contributed by atoms with Crippen molar-refractivity contribution in [2.75, 3.05) is 38.4 Å². The fraction of sp³-hybridized carbons (Fsp3) is 1.00. The van der Waals surface area contributed by atoms with E-state index in [0.29, 0.717) is 5.92 Å².